The second-order valence-corrected chi connectivity index (χ2v) is 9.23. The number of ketones is 1. The lowest BCUT2D eigenvalue weighted by molar-refractivity contribution is -0.115. The van der Waals surface area contributed by atoms with Gasteiger partial charge in [0.15, 0.2) is 0 Å². The van der Waals surface area contributed by atoms with Crippen molar-refractivity contribution in [2.24, 2.45) is 21.5 Å². The lowest BCUT2D eigenvalue weighted by Crippen LogP contribution is -2.12. The number of aliphatic imine (C=N–C) groups is 2. The highest BCUT2D eigenvalue weighted by atomic mass is 16.5. The molecule has 0 bridgehead atoms. The maximum atomic E-state index is 9.44. The first kappa shape index (κ1) is 43.1. The summed E-state index contributed by atoms with van der Waals surface area (Å²) in [6.45, 7) is 22.1. The van der Waals surface area contributed by atoms with Crippen molar-refractivity contribution in [2.75, 3.05) is 105 Å². The average molecular weight is 579 g/mol. The molecule has 0 rings (SSSR count). The number of hydrogen-bond donors (Lipinski definition) is 2. The van der Waals surface area contributed by atoms with Crippen LogP contribution in [-0.4, -0.2) is 123 Å². The van der Waals surface area contributed by atoms with Crippen LogP contribution in [0.3, 0.4) is 0 Å². The first-order valence-electron chi connectivity index (χ1n) is 14.6. The minimum absolute atomic E-state index is 0.167. The van der Waals surface area contributed by atoms with Crippen molar-refractivity contribution in [3.63, 3.8) is 0 Å². The lowest BCUT2D eigenvalue weighted by atomic mass is 10.4. The summed E-state index contributed by atoms with van der Waals surface area (Å²) in [5, 5.41) is 0. The molecular formula is C29H62N4O7. The Morgan fingerprint density at radius 1 is 0.450 bits per heavy atom. The van der Waals surface area contributed by atoms with E-state index in [-0.39, 0.29) is 5.78 Å². The first-order chi connectivity index (χ1) is 19.3. The third-order valence-corrected chi connectivity index (χ3v) is 4.22. The van der Waals surface area contributed by atoms with Gasteiger partial charge in [0.25, 0.3) is 0 Å². The quantitative estimate of drug-likeness (QED) is 0.117. The van der Waals surface area contributed by atoms with Crippen molar-refractivity contribution < 1.29 is 33.2 Å². The molecule has 0 saturated carbocycles. The molecule has 0 radical (unpaired) electrons. The largest absolute Gasteiger partial charge is 0.379 e. The van der Waals surface area contributed by atoms with Crippen LogP contribution in [-0.2, 0) is 33.2 Å². The van der Waals surface area contributed by atoms with Gasteiger partial charge in [-0.2, -0.15) is 0 Å². The van der Waals surface area contributed by atoms with Gasteiger partial charge < -0.3 is 44.7 Å². The summed E-state index contributed by atoms with van der Waals surface area (Å²) in [4.78, 5) is 18.1. The summed E-state index contributed by atoms with van der Waals surface area (Å²) in [5.74, 6) is 0.167. The van der Waals surface area contributed by atoms with E-state index in [2.05, 4.69) is 9.98 Å². The smallest absolute Gasteiger partial charge is 0.126 e. The molecule has 0 spiro atoms. The number of nitrogens with zero attached hydrogens (tertiary/aromatic N) is 2. The third-order valence-electron chi connectivity index (χ3n) is 4.22. The number of ether oxygens (including phenoxy) is 6. The summed E-state index contributed by atoms with van der Waals surface area (Å²) in [5.41, 5.74) is 12.9. The average Bonchev–Trinajstić information content (AvgIpc) is 2.89. The fourth-order valence-electron chi connectivity index (χ4n) is 2.39. The van der Waals surface area contributed by atoms with Crippen LogP contribution in [0.4, 0.5) is 0 Å². The maximum Gasteiger partial charge on any atom is 0.126 e. The molecule has 240 valence electrons. The minimum atomic E-state index is 0.167. The summed E-state index contributed by atoms with van der Waals surface area (Å²) in [7, 11) is 0. The van der Waals surface area contributed by atoms with E-state index >= 15 is 0 Å². The Kier molecular flexibility index (Phi) is 43.0. The standard InChI is InChI=1S/C16H32N2O3.C10H24N2O3.C3H6O/c1-15(2)17-7-5-9-19-11-13-21-14-12-20-10-6-8-18-16(3)4;11-3-1-5-13-7-9-15-10-8-14-6-2-4-12;1-3(2)4/h5-14H2,1-4H3;1-12H2;1-2H3. The fraction of sp³-hybridized carbons (Fsp3) is 0.897. The van der Waals surface area contributed by atoms with Crippen LogP contribution < -0.4 is 11.5 Å². The molecule has 0 aromatic carbocycles. The van der Waals surface area contributed by atoms with Gasteiger partial charge >= 0.3 is 0 Å². The van der Waals surface area contributed by atoms with Crippen LogP contribution in [0.15, 0.2) is 9.98 Å². The number of Topliss-reactive ketones (excluding diaryl/α,β-unsaturated/α-hetero) is 1. The zero-order valence-corrected chi connectivity index (χ0v) is 26.5. The summed E-state index contributed by atoms with van der Waals surface area (Å²) in [6.07, 6.45) is 3.74. The van der Waals surface area contributed by atoms with E-state index in [1.807, 2.05) is 27.7 Å². The highest BCUT2D eigenvalue weighted by Crippen LogP contribution is 1.89. The van der Waals surface area contributed by atoms with E-state index in [1.54, 1.807) is 0 Å². The number of rotatable bonds is 26. The summed E-state index contributed by atoms with van der Waals surface area (Å²) >= 11 is 0. The van der Waals surface area contributed by atoms with Crippen molar-refractivity contribution in [1.29, 1.82) is 0 Å². The zero-order valence-electron chi connectivity index (χ0n) is 26.5. The van der Waals surface area contributed by atoms with E-state index in [0.717, 1.165) is 63.4 Å². The molecule has 0 aliphatic carbocycles. The molecule has 0 saturated heterocycles. The molecule has 40 heavy (non-hydrogen) atoms. The Balaban J connectivity index is -0.000000628. The number of nitrogens with two attached hydrogens (primary N) is 2. The fourth-order valence-corrected chi connectivity index (χ4v) is 2.39. The molecule has 0 unspecified atom stereocenters. The Labute approximate surface area is 244 Å². The second-order valence-electron chi connectivity index (χ2n) is 9.23. The van der Waals surface area contributed by atoms with Crippen LogP contribution >= 0.6 is 0 Å². The molecule has 11 nitrogen and oxygen atoms in total. The van der Waals surface area contributed by atoms with E-state index in [1.165, 1.54) is 13.8 Å². The van der Waals surface area contributed by atoms with E-state index in [9.17, 15) is 4.79 Å². The van der Waals surface area contributed by atoms with Gasteiger partial charge in [0.05, 0.1) is 52.9 Å². The highest BCUT2D eigenvalue weighted by molar-refractivity contribution is 5.79. The molecule has 0 aliphatic rings. The van der Waals surface area contributed by atoms with Gasteiger partial charge in [0, 0.05) is 50.9 Å². The summed E-state index contributed by atoms with van der Waals surface area (Å²) < 4.78 is 32.1. The maximum absolute atomic E-state index is 9.44. The van der Waals surface area contributed by atoms with Crippen molar-refractivity contribution in [2.45, 2.75) is 67.2 Å². The van der Waals surface area contributed by atoms with Crippen molar-refractivity contribution in [3.05, 3.63) is 0 Å². The van der Waals surface area contributed by atoms with Gasteiger partial charge in [-0.3, -0.25) is 9.98 Å². The van der Waals surface area contributed by atoms with Crippen LogP contribution in [0, 0.1) is 0 Å². The van der Waals surface area contributed by atoms with Gasteiger partial charge in [0.1, 0.15) is 5.78 Å². The topological polar surface area (TPSA) is 149 Å². The Hall–Kier alpha value is -1.31. The predicted molar refractivity (Wildman–Crippen MR) is 165 cm³/mol. The zero-order chi connectivity index (χ0) is 30.5. The van der Waals surface area contributed by atoms with Crippen LogP contribution in [0.25, 0.3) is 0 Å². The van der Waals surface area contributed by atoms with E-state index in [4.69, 9.17) is 39.9 Å². The normalized spacial score (nSPS) is 10.2. The molecule has 0 fully saturated rings. The van der Waals surface area contributed by atoms with Crippen LogP contribution in [0.2, 0.25) is 0 Å². The molecule has 0 atom stereocenters. The molecule has 0 heterocycles. The molecule has 4 N–H and O–H groups in total. The lowest BCUT2D eigenvalue weighted by Gasteiger charge is -2.06. The molecule has 0 aromatic rings. The Morgan fingerprint density at radius 3 is 0.900 bits per heavy atom. The van der Waals surface area contributed by atoms with Crippen LogP contribution in [0.5, 0.6) is 0 Å². The third kappa shape index (κ3) is 56.8. The Morgan fingerprint density at radius 2 is 0.675 bits per heavy atom. The van der Waals surface area contributed by atoms with Crippen molar-refractivity contribution in [3.8, 4) is 0 Å². The first-order valence-corrected chi connectivity index (χ1v) is 14.6. The monoisotopic (exact) mass is 578 g/mol. The van der Waals surface area contributed by atoms with Crippen LogP contribution in [0.1, 0.15) is 67.2 Å². The van der Waals surface area contributed by atoms with Gasteiger partial charge in [-0.25, -0.2) is 0 Å². The second kappa shape index (κ2) is 39.8. The molecule has 0 aliphatic heterocycles. The number of carbonyl (C=O) groups is 1. The van der Waals surface area contributed by atoms with Crippen molar-refractivity contribution >= 4 is 17.2 Å². The van der Waals surface area contributed by atoms with E-state index < -0.39 is 0 Å². The predicted octanol–water partition coefficient (Wildman–Crippen LogP) is 3.11. The van der Waals surface area contributed by atoms with Gasteiger partial charge in [-0.05, 0) is 80.3 Å². The van der Waals surface area contributed by atoms with Gasteiger partial charge in [0.2, 0.25) is 0 Å². The molecule has 11 heteroatoms. The number of carbonyl (C=O) groups excluding carboxylic acids is 1. The van der Waals surface area contributed by atoms with Gasteiger partial charge in [-0.15, -0.1) is 0 Å². The molecular weight excluding hydrogens is 516 g/mol. The highest BCUT2D eigenvalue weighted by Gasteiger charge is 1.93. The Bertz CT molecular complexity index is 513. The minimum Gasteiger partial charge on any atom is -0.379 e. The summed E-state index contributed by atoms with van der Waals surface area (Å²) in [6, 6.07) is 0. The SMILES string of the molecule is CC(C)=NCCCOCCOCCOCCCN=C(C)C.CC(C)=O.NCCCOCCOCCOCCCN. The van der Waals surface area contributed by atoms with Crippen molar-refractivity contribution in [1.82, 2.24) is 0 Å². The van der Waals surface area contributed by atoms with Gasteiger partial charge in [-0.1, -0.05) is 0 Å². The molecule has 0 amide bonds. The molecule has 0 aromatic heterocycles. The van der Waals surface area contributed by atoms with E-state index in [0.29, 0.717) is 79.2 Å². The number of hydrogen-bond acceptors (Lipinski definition) is 11.